The molecule has 1 saturated carbocycles. The van der Waals surface area contributed by atoms with Crippen LogP contribution in [0.5, 0.6) is 5.75 Å². The van der Waals surface area contributed by atoms with Crippen LogP contribution in [-0.4, -0.2) is 9.97 Å². The van der Waals surface area contributed by atoms with Crippen LogP contribution in [-0.2, 0) is 18.4 Å². The molecule has 0 bridgehead atoms. The van der Waals surface area contributed by atoms with Crippen molar-refractivity contribution < 1.29 is 4.74 Å². The fraction of sp³-hybridized carbons (Fsp3) is 0.333. The zero-order valence-electron chi connectivity index (χ0n) is 16.1. The summed E-state index contributed by atoms with van der Waals surface area (Å²) < 4.78 is 5.94. The summed E-state index contributed by atoms with van der Waals surface area (Å²) in [5, 5.41) is 0. The van der Waals surface area contributed by atoms with E-state index in [-0.39, 0.29) is 5.41 Å². The number of ether oxygens (including phenoxy) is 1. The first-order valence-corrected chi connectivity index (χ1v) is 9.81. The summed E-state index contributed by atoms with van der Waals surface area (Å²) >= 11 is 0. The van der Waals surface area contributed by atoms with Crippen molar-refractivity contribution in [3.8, 4) is 5.75 Å². The highest BCUT2D eigenvalue weighted by Gasteiger charge is 2.40. The second-order valence-electron chi connectivity index (χ2n) is 7.43. The first-order valence-electron chi connectivity index (χ1n) is 9.81. The van der Waals surface area contributed by atoms with Gasteiger partial charge in [-0.25, -0.2) is 9.97 Å². The van der Waals surface area contributed by atoms with E-state index in [4.69, 9.17) is 4.74 Å². The Kier molecular flexibility index (Phi) is 4.93. The van der Waals surface area contributed by atoms with Crippen molar-refractivity contribution in [1.29, 1.82) is 0 Å². The molecule has 0 spiro atoms. The van der Waals surface area contributed by atoms with Gasteiger partial charge < -0.3 is 4.74 Å². The van der Waals surface area contributed by atoms with E-state index >= 15 is 0 Å². The molecule has 0 radical (unpaired) electrons. The summed E-state index contributed by atoms with van der Waals surface area (Å²) in [6.07, 6.45) is 6.37. The van der Waals surface area contributed by atoms with E-state index in [1.165, 1.54) is 36.0 Å². The number of aryl methyl sites for hydroxylation is 2. The molecule has 0 N–H and O–H groups in total. The zero-order chi connectivity index (χ0) is 18.7. The highest BCUT2D eigenvalue weighted by atomic mass is 16.5. The number of nitrogens with zero attached hydrogens (tertiary/aromatic N) is 2. The lowest BCUT2D eigenvalue weighted by Gasteiger charge is -2.43. The molecule has 3 heteroatoms. The average Bonchev–Trinajstić information content (AvgIpc) is 2.68. The molecule has 1 fully saturated rings. The third kappa shape index (κ3) is 3.59. The zero-order valence-corrected chi connectivity index (χ0v) is 16.1. The van der Waals surface area contributed by atoms with Crippen molar-refractivity contribution in [3.63, 3.8) is 0 Å². The van der Waals surface area contributed by atoms with Gasteiger partial charge in [0.15, 0.2) is 0 Å². The maximum absolute atomic E-state index is 5.94. The predicted octanol–water partition coefficient (Wildman–Crippen LogP) is 5.40. The van der Waals surface area contributed by atoms with Gasteiger partial charge >= 0.3 is 0 Å². The van der Waals surface area contributed by atoms with Crippen molar-refractivity contribution in [1.82, 2.24) is 9.97 Å². The minimum atomic E-state index is 0.176. The van der Waals surface area contributed by atoms with Crippen molar-refractivity contribution in [2.75, 3.05) is 0 Å². The van der Waals surface area contributed by atoms with Gasteiger partial charge in [-0.05, 0) is 49.1 Å². The summed E-state index contributed by atoms with van der Waals surface area (Å²) in [6, 6.07) is 19.6. The van der Waals surface area contributed by atoms with Crippen LogP contribution in [0.15, 0.2) is 60.8 Å². The Morgan fingerprint density at radius 2 is 1.59 bits per heavy atom. The molecule has 2 aromatic carbocycles. The van der Waals surface area contributed by atoms with Crippen molar-refractivity contribution in [2.45, 2.75) is 51.6 Å². The maximum Gasteiger partial charge on any atom is 0.130 e. The quantitative estimate of drug-likeness (QED) is 0.592. The normalized spacial score (nSPS) is 15.2. The van der Waals surface area contributed by atoms with Gasteiger partial charge in [0.2, 0.25) is 0 Å². The number of benzene rings is 2. The average molecular weight is 358 g/mol. The van der Waals surface area contributed by atoms with Crippen molar-refractivity contribution in [2.24, 2.45) is 0 Å². The van der Waals surface area contributed by atoms with E-state index in [1.807, 2.05) is 6.07 Å². The van der Waals surface area contributed by atoms with E-state index in [0.717, 1.165) is 23.7 Å². The molecular weight excluding hydrogens is 332 g/mol. The standard InChI is InChI=1S/C24H26N2O/c1-3-23-25-16-13-21(26-23)17-27-22-11-9-20(10-12-22)24(14-4-15-24)19-7-5-18(2)6-8-19/h5-13,16H,3-4,14-15,17H2,1-2H3. The van der Waals surface area contributed by atoms with Gasteiger partial charge in [0.1, 0.15) is 18.2 Å². The Labute approximate surface area is 161 Å². The first kappa shape index (κ1) is 17.7. The van der Waals surface area contributed by atoms with Crippen molar-refractivity contribution in [3.05, 3.63) is 89.0 Å². The lowest BCUT2D eigenvalue weighted by Crippen LogP contribution is -2.35. The highest BCUT2D eigenvalue weighted by molar-refractivity contribution is 5.44. The Morgan fingerprint density at radius 3 is 2.19 bits per heavy atom. The molecule has 0 aliphatic heterocycles. The Morgan fingerprint density at radius 1 is 0.926 bits per heavy atom. The summed E-state index contributed by atoms with van der Waals surface area (Å²) in [4.78, 5) is 8.73. The second kappa shape index (κ2) is 7.51. The third-order valence-corrected chi connectivity index (χ3v) is 5.68. The van der Waals surface area contributed by atoms with Gasteiger partial charge in [-0.2, -0.15) is 0 Å². The van der Waals surface area contributed by atoms with Crippen LogP contribution in [0.4, 0.5) is 0 Å². The molecule has 1 aromatic heterocycles. The number of aromatic nitrogens is 2. The van der Waals surface area contributed by atoms with E-state index in [9.17, 15) is 0 Å². The molecule has 3 aromatic rings. The fourth-order valence-corrected chi connectivity index (χ4v) is 3.87. The molecule has 0 unspecified atom stereocenters. The van der Waals surface area contributed by atoms with Crippen LogP contribution in [0.2, 0.25) is 0 Å². The van der Waals surface area contributed by atoms with E-state index in [2.05, 4.69) is 72.3 Å². The first-order chi connectivity index (χ1) is 13.2. The number of hydrogen-bond donors (Lipinski definition) is 0. The lowest BCUT2D eigenvalue weighted by molar-refractivity contribution is 0.294. The van der Waals surface area contributed by atoms with E-state index < -0.39 is 0 Å². The largest absolute Gasteiger partial charge is 0.487 e. The van der Waals surface area contributed by atoms with Crippen LogP contribution in [0.1, 0.15) is 54.4 Å². The van der Waals surface area contributed by atoms with Crippen LogP contribution in [0.25, 0.3) is 0 Å². The molecule has 138 valence electrons. The molecule has 0 atom stereocenters. The Hall–Kier alpha value is -2.68. The van der Waals surface area contributed by atoms with Gasteiger partial charge in [-0.3, -0.25) is 0 Å². The minimum Gasteiger partial charge on any atom is -0.487 e. The number of hydrogen-bond acceptors (Lipinski definition) is 3. The third-order valence-electron chi connectivity index (χ3n) is 5.68. The summed E-state index contributed by atoms with van der Waals surface area (Å²) in [5.41, 5.74) is 5.23. The summed E-state index contributed by atoms with van der Waals surface area (Å²) in [7, 11) is 0. The molecular formula is C24H26N2O. The van der Waals surface area contributed by atoms with Crippen LogP contribution in [0, 0.1) is 6.92 Å². The maximum atomic E-state index is 5.94. The number of rotatable bonds is 6. The molecule has 1 heterocycles. The van der Waals surface area contributed by atoms with Crippen LogP contribution in [0.3, 0.4) is 0 Å². The summed E-state index contributed by atoms with van der Waals surface area (Å²) in [6.45, 7) is 4.67. The van der Waals surface area contributed by atoms with Gasteiger partial charge in [-0.1, -0.05) is 55.3 Å². The van der Waals surface area contributed by atoms with E-state index in [0.29, 0.717) is 6.61 Å². The SMILES string of the molecule is CCc1nccc(COc2ccc(C3(c4ccc(C)cc4)CCC3)cc2)n1. The smallest absolute Gasteiger partial charge is 0.130 e. The molecule has 4 rings (SSSR count). The van der Waals surface area contributed by atoms with Gasteiger partial charge in [-0.15, -0.1) is 0 Å². The summed E-state index contributed by atoms with van der Waals surface area (Å²) in [5.74, 6) is 1.74. The van der Waals surface area contributed by atoms with E-state index in [1.54, 1.807) is 6.20 Å². The molecule has 1 aliphatic carbocycles. The van der Waals surface area contributed by atoms with Gasteiger partial charge in [0.05, 0.1) is 5.69 Å². The van der Waals surface area contributed by atoms with Crippen molar-refractivity contribution >= 4 is 0 Å². The second-order valence-corrected chi connectivity index (χ2v) is 7.43. The predicted molar refractivity (Wildman–Crippen MR) is 108 cm³/mol. The molecule has 0 saturated heterocycles. The monoisotopic (exact) mass is 358 g/mol. The topological polar surface area (TPSA) is 35.0 Å². The van der Waals surface area contributed by atoms with Crippen LogP contribution >= 0.6 is 0 Å². The fourth-order valence-electron chi connectivity index (χ4n) is 3.87. The van der Waals surface area contributed by atoms with Gasteiger partial charge in [0, 0.05) is 18.0 Å². The molecule has 3 nitrogen and oxygen atoms in total. The lowest BCUT2D eigenvalue weighted by atomic mass is 9.60. The van der Waals surface area contributed by atoms with Gasteiger partial charge in [0.25, 0.3) is 0 Å². The highest BCUT2D eigenvalue weighted by Crippen LogP contribution is 2.49. The van der Waals surface area contributed by atoms with Crippen LogP contribution < -0.4 is 4.74 Å². The molecule has 0 amide bonds. The Balaban J connectivity index is 1.49. The Bertz CT molecular complexity index is 896. The minimum absolute atomic E-state index is 0.176. The molecule has 1 aliphatic rings. The molecule has 27 heavy (non-hydrogen) atoms.